The summed E-state index contributed by atoms with van der Waals surface area (Å²) in [6.45, 7) is 4.39. The Hall–Kier alpha value is -2.18. The van der Waals surface area contributed by atoms with Crippen LogP contribution in [0.2, 0.25) is 5.02 Å². The highest BCUT2D eigenvalue weighted by Gasteiger charge is 2.08. The Labute approximate surface area is 162 Å². The molecule has 0 saturated carbocycles. The van der Waals surface area contributed by atoms with Gasteiger partial charge in [-0.25, -0.2) is 0 Å². The van der Waals surface area contributed by atoms with Gasteiger partial charge in [0.25, 0.3) is 0 Å². The first-order valence-corrected chi connectivity index (χ1v) is 9.67. The minimum Gasteiger partial charge on any atom is -0.494 e. The number of amides is 2. The zero-order valence-electron chi connectivity index (χ0n) is 14.7. The van der Waals surface area contributed by atoms with E-state index in [2.05, 4.69) is 10.6 Å². The molecule has 26 heavy (non-hydrogen) atoms. The van der Waals surface area contributed by atoms with E-state index in [0.717, 1.165) is 17.0 Å². The lowest BCUT2D eigenvalue weighted by atomic mass is 10.2. The summed E-state index contributed by atoms with van der Waals surface area (Å²) in [6.07, 6.45) is 0. The average Bonchev–Trinajstić information content (AvgIpc) is 2.59. The molecule has 0 aromatic heterocycles. The minimum absolute atomic E-state index is 0.158. The molecule has 0 aliphatic rings. The van der Waals surface area contributed by atoms with Crippen LogP contribution in [0.25, 0.3) is 0 Å². The van der Waals surface area contributed by atoms with Crippen molar-refractivity contribution < 1.29 is 14.3 Å². The summed E-state index contributed by atoms with van der Waals surface area (Å²) in [4.78, 5) is 23.9. The number of thioether (sulfide) groups is 1. The van der Waals surface area contributed by atoms with Crippen molar-refractivity contribution in [3.63, 3.8) is 0 Å². The van der Waals surface area contributed by atoms with Crippen molar-refractivity contribution >= 4 is 46.6 Å². The monoisotopic (exact) mass is 392 g/mol. The SMILES string of the molecule is CCOc1ccc(NC(=O)CSCC(=O)Nc2ccc(Cl)cc2C)cc1. The maximum atomic E-state index is 12.0. The minimum atomic E-state index is -0.158. The van der Waals surface area contributed by atoms with E-state index in [1.807, 2.05) is 13.8 Å². The van der Waals surface area contributed by atoms with Crippen LogP contribution < -0.4 is 15.4 Å². The number of rotatable bonds is 8. The van der Waals surface area contributed by atoms with Gasteiger partial charge in [0.1, 0.15) is 5.75 Å². The van der Waals surface area contributed by atoms with Crippen molar-refractivity contribution in [2.75, 3.05) is 28.7 Å². The van der Waals surface area contributed by atoms with Gasteiger partial charge in [-0.3, -0.25) is 9.59 Å². The van der Waals surface area contributed by atoms with Gasteiger partial charge in [0.15, 0.2) is 0 Å². The van der Waals surface area contributed by atoms with Crippen molar-refractivity contribution in [1.29, 1.82) is 0 Å². The van der Waals surface area contributed by atoms with Crippen LogP contribution >= 0.6 is 23.4 Å². The lowest BCUT2D eigenvalue weighted by Gasteiger charge is -2.09. The largest absolute Gasteiger partial charge is 0.494 e. The predicted molar refractivity (Wildman–Crippen MR) is 108 cm³/mol. The smallest absolute Gasteiger partial charge is 0.234 e. The number of benzene rings is 2. The Balaban J connectivity index is 1.72. The molecule has 0 spiro atoms. The Bertz CT molecular complexity index is 766. The zero-order valence-corrected chi connectivity index (χ0v) is 16.2. The molecule has 0 atom stereocenters. The number of halogens is 1. The second-order valence-electron chi connectivity index (χ2n) is 5.51. The molecule has 138 valence electrons. The van der Waals surface area contributed by atoms with Gasteiger partial charge in [-0.1, -0.05) is 11.6 Å². The molecule has 2 rings (SSSR count). The number of anilines is 2. The van der Waals surface area contributed by atoms with Crippen LogP contribution in [-0.4, -0.2) is 29.9 Å². The zero-order chi connectivity index (χ0) is 18.9. The highest BCUT2D eigenvalue weighted by molar-refractivity contribution is 8.00. The first-order valence-electron chi connectivity index (χ1n) is 8.14. The first kappa shape index (κ1) is 20.1. The highest BCUT2D eigenvalue weighted by atomic mass is 35.5. The van der Waals surface area contributed by atoms with E-state index in [1.165, 1.54) is 11.8 Å². The molecule has 5 nitrogen and oxygen atoms in total. The second kappa shape index (κ2) is 10.1. The fourth-order valence-electron chi connectivity index (χ4n) is 2.19. The molecule has 0 saturated heterocycles. The van der Waals surface area contributed by atoms with Gasteiger partial charge in [0, 0.05) is 16.4 Å². The van der Waals surface area contributed by atoms with E-state index in [4.69, 9.17) is 16.3 Å². The third-order valence-corrected chi connectivity index (χ3v) is 4.55. The maximum absolute atomic E-state index is 12.0. The number of hydrogen-bond acceptors (Lipinski definition) is 4. The Kier molecular flexibility index (Phi) is 7.81. The lowest BCUT2D eigenvalue weighted by Crippen LogP contribution is -2.18. The molecule has 2 amide bonds. The van der Waals surface area contributed by atoms with E-state index < -0.39 is 0 Å². The van der Waals surface area contributed by atoms with Crippen LogP contribution in [-0.2, 0) is 9.59 Å². The topological polar surface area (TPSA) is 67.4 Å². The lowest BCUT2D eigenvalue weighted by molar-refractivity contribution is -0.114. The summed E-state index contributed by atoms with van der Waals surface area (Å²) in [5.41, 5.74) is 2.31. The molecular formula is C19H21ClN2O3S. The molecule has 0 heterocycles. The van der Waals surface area contributed by atoms with E-state index in [1.54, 1.807) is 42.5 Å². The standard InChI is InChI=1S/C19H21ClN2O3S/c1-3-25-16-7-5-15(6-8-16)21-18(23)11-26-12-19(24)22-17-9-4-14(20)10-13(17)2/h4-10H,3,11-12H2,1-2H3,(H,21,23)(H,22,24). The Morgan fingerprint density at radius 3 is 2.31 bits per heavy atom. The number of hydrogen-bond donors (Lipinski definition) is 2. The van der Waals surface area contributed by atoms with E-state index >= 15 is 0 Å². The van der Waals surface area contributed by atoms with Gasteiger partial charge in [0.2, 0.25) is 11.8 Å². The highest BCUT2D eigenvalue weighted by Crippen LogP contribution is 2.20. The molecule has 0 fully saturated rings. The number of carbonyl (C=O) groups excluding carboxylic acids is 2. The van der Waals surface area contributed by atoms with Crippen LogP contribution in [0.3, 0.4) is 0 Å². The summed E-state index contributed by atoms with van der Waals surface area (Å²) < 4.78 is 5.35. The molecule has 2 aromatic carbocycles. The van der Waals surface area contributed by atoms with Crippen molar-refractivity contribution in [3.05, 3.63) is 53.1 Å². The number of nitrogens with one attached hydrogen (secondary N) is 2. The number of aryl methyl sites for hydroxylation is 1. The molecule has 0 bridgehead atoms. The van der Waals surface area contributed by atoms with Crippen LogP contribution in [0.5, 0.6) is 5.75 Å². The quantitative estimate of drug-likeness (QED) is 0.700. The first-order chi connectivity index (χ1) is 12.5. The van der Waals surface area contributed by atoms with Gasteiger partial charge in [-0.2, -0.15) is 0 Å². The second-order valence-corrected chi connectivity index (χ2v) is 6.93. The van der Waals surface area contributed by atoms with Crippen LogP contribution in [0.4, 0.5) is 11.4 Å². The molecule has 0 aliphatic carbocycles. The van der Waals surface area contributed by atoms with Crippen LogP contribution in [0.15, 0.2) is 42.5 Å². The molecule has 7 heteroatoms. The van der Waals surface area contributed by atoms with Crippen molar-refractivity contribution in [2.24, 2.45) is 0 Å². The van der Waals surface area contributed by atoms with E-state index in [9.17, 15) is 9.59 Å². The van der Waals surface area contributed by atoms with Crippen molar-refractivity contribution in [3.8, 4) is 5.75 Å². The summed E-state index contributed by atoms with van der Waals surface area (Å²) >= 11 is 7.15. The number of carbonyl (C=O) groups is 2. The van der Waals surface area contributed by atoms with E-state index in [-0.39, 0.29) is 23.3 Å². The molecule has 0 aliphatic heterocycles. The summed E-state index contributed by atoms with van der Waals surface area (Å²) in [6, 6.07) is 12.4. The Morgan fingerprint density at radius 2 is 1.69 bits per heavy atom. The van der Waals surface area contributed by atoms with Crippen LogP contribution in [0, 0.1) is 6.92 Å². The molecule has 2 aromatic rings. The van der Waals surface area contributed by atoms with Crippen molar-refractivity contribution in [2.45, 2.75) is 13.8 Å². The van der Waals surface area contributed by atoms with Gasteiger partial charge < -0.3 is 15.4 Å². The molecular weight excluding hydrogens is 372 g/mol. The molecule has 0 radical (unpaired) electrons. The fraction of sp³-hybridized carbons (Fsp3) is 0.263. The Morgan fingerprint density at radius 1 is 1.04 bits per heavy atom. The van der Waals surface area contributed by atoms with Gasteiger partial charge in [-0.15, -0.1) is 11.8 Å². The normalized spacial score (nSPS) is 10.3. The summed E-state index contributed by atoms with van der Waals surface area (Å²) in [5.74, 6) is 0.830. The van der Waals surface area contributed by atoms with Gasteiger partial charge >= 0.3 is 0 Å². The summed E-state index contributed by atoms with van der Waals surface area (Å²) in [7, 11) is 0. The van der Waals surface area contributed by atoms with Crippen molar-refractivity contribution in [1.82, 2.24) is 0 Å². The third kappa shape index (κ3) is 6.61. The predicted octanol–water partition coefficient (Wildman–Crippen LogP) is 4.36. The van der Waals surface area contributed by atoms with Gasteiger partial charge in [0.05, 0.1) is 18.1 Å². The van der Waals surface area contributed by atoms with Gasteiger partial charge in [-0.05, 0) is 61.9 Å². The molecule has 2 N–H and O–H groups in total. The maximum Gasteiger partial charge on any atom is 0.234 e. The molecule has 0 unspecified atom stereocenters. The third-order valence-electron chi connectivity index (χ3n) is 3.38. The van der Waals surface area contributed by atoms with E-state index in [0.29, 0.717) is 17.3 Å². The number of ether oxygens (including phenoxy) is 1. The average molecular weight is 393 g/mol. The van der Waals surface area contributed by atoms with Crippen LogP contribution in [0.1, 0.15) is 12.5 Å². The fourth-order valence-corrected chi connectivity index (χ4v) is 3.03. The summed E-state index contributed by atoms with van der Waals surface area (Å²) in [5, 5.41) is 6.23.